The molecule has 0 fully saturated rings. The van der Waals surface area contributed by atoms with Crippen LogP contribution in [0, 0.1) is 11.3 Å². The highest BCUT2D eigenvalue weighted by Crippen LogP contribution is 2.28. The van der Waals surface area contributed by atoms with E-state index < -0.39 is 0 Å². The van der Waals surface area contributed by atoms with Crippen molar-refractivity contribution in [3.05, 3.63) is 53.0 Å². The van der Waals surface area contributed by atoms with Gasteiger partial charge in [0.15, 0.2) is 5.82 Å². The van der Waals surface area contributed by atoms with Crippen molar-refractivity contribution < 1.29 is 4.79 Å². The van der Waals surface area contributed by atoms with Crippen molar-refractivity contribution in [2.24, 2.45) is 0 Å². The standard InChI is InChI=1S/C18H13BrN4OS/c19-13-7-5-12(6-8-13)17-22-15-4-2-1-3-14(15)18(23-17)25-11-16(24)21-10-9-20/h1-8H,10-11H2,(H,21,24). The first kappa shape index (κ1) is 17.4. The van der Waals surface area contributed by atoms with E-state index in [2.05, 4.69) is 31.2 Å². The molecule has 7 heteroatoms. The van der Waals surface area contributed by atoms with Gasteiger partial charge in [0.05, 0.1) is 17.3 Å². The van der Waals surface area contributed by atoms with Gasteiger partial charge in [-0.2, -0.15) is 5.26 Å². The highest BCUT2D eigenvalue weighted by atomic mass is 79.9. The molecule has 0 aliphatic rings. The van der Waals surface area contributed by atoms with Crippen LogP contribution in [0.1, 0.15) is 0 Å². The van der Waals surface area contributed by atoms with Crippen LogP contribution in [0.2, 0.25) is 0 Å². The molecule has 124 valence electrons. The Labute approximate surface area is 157 Å². The molecule has 1 amide bonds. The fraction of sp³-hybridized carbons (Fsp3) is 0.111. The number of amides is 1. The SMILES string of the molecule is N#CCNC(=O)CSc1nc(-c2ccc(Br)cc2)nc2ccccc12. The lowest BCUT2D eigenvalue weighted by Gasteiger charge is -2.08. The molecule has 0 saturated carbocycles. The lowest BCUT2D eigenvalue weighted by atomic mass is 10.2. The van der Waals surface area contributed by atoms with E-state index in [1.807, 2.05) is 54.6 Å². The number of hydrogen-bond donors (Lipinski definition) is 1. The van der Waals surface area contributed by atoms with Gasteiger partial charge in [-0.3, -0.25) is 4.79 Å². The highest BCUT2D eigenvalue weighted by Gasteiger charge is 2.11. The van der Waals surface area contributed by atoms with Gasteiger partial charge in [0.2, 0.25) is 5.91 Å². The van der Waals surface area contributed by atoms with Crippen molar-refractivity contribution in [3.8, 4) is 17.5 Å². The van der Waals surface area contributed by atoms with Gasteiger partial charge in [-0.25, -0.2) is 9.97 Å². The maximum atomic E-state index is 11.8. The molecule has 3 rings (SSSR count). The zero-order valence-corrected chi connectivity index (χ0v) is 15.5. The zero-order chi connectivity index (χ0) is 17.6. The summed E-state index contributed by atoms with van der Waals surface area (Å²) in [6.45, 7) is 0.00799. The summed E-state index contributed by atoms with van der Waals surface area (Å²) in [5.74, 6) is 0.619. The topological polar surface area (TPSA) is 78.7 Å². The molecule has 5 nitrogen and oxygen atoms in total. The summed E-state index contributed by atoms with van der Waals surface area (Å²) in [4.78, 5) is 21.0. The Bertz CT molecular complexity index is 953. The molecule has 25 heavy (non-hydrogen) atoms. The minimum absolute atomic E-state index is 0.00799. The van der Waals surface area contributed by atoms with Crippen LogP contribution >= 0.6 is 27.7 Å². The monoisotopic (exact) mass is 412 g/mol. The van der Waals surface area contributed by atoms with Gasteiger partial charge in [-0.05, 0) is 18.2 Å². The molecule has 0 radical (unpaired) electrons. The molecule has 0 unspecified atom stereocenters. The van der Waals surface area contributed by atoms with Crippen molar-refractivity contribution in [1.29, 1.82) is 5.26 Å². The van der Waals surface area contributed by atoms with Crippen LogP contribution in [-0.2, 0) is 4.79 Å². The molecule has 3 aromatic rings. The summed E-state index contributed by atoms with van der Waals surface area (Å²) in [5, 5.41) is 12.7. The van der Waals surface area contributed by atoms with Crippen LogP contribution in [0.15, 0.2) is 58.0 Å². The van der Waals surface area contributed by atoms with Gasteiger partial charge in [-0.15, -0.1) is 0 Å². The van der Waals surface area contributed by atoms with Gasteiger partial charge in [0.1, 0.15) is 11.6 Å². The predicted octanol–water partition coefficient (Wildman–Crippen LogP) is 3.79. The van der Waals surface area contributed by atoms with E-state index in [9.17, 15) is 4.79 Å². The van der Waals surface area contributed by atoms with Crippen molar-refractivity contribution in [3.63, 3.8) is 0 Å². The second-order valence-electron chi connectivity index (χ2n) is 5.10. The summed E-state index contributed by atoms with van der Waals surface area (Å²) < 4.78 is 0.987. The number of nitrogens with zero attached hydrogens (tertiary/aromatic N) is 3. The van der Waals surface area contributed by atoms with Crippen LogP contribution in [0.25, 0.3) is 22.3 Å². The number of rotatable bonds is 5. The molecule has 0 spiro atoms. The summed E-state index contributed by atoms with van der Waals surface area (Å²) in [6, 6.07) is 17.4. The third kappa shape index (κ3) is 4.35. The third-order valence-electron chi connectivity index (χ3n) is 3.38. The molecular formula is C18H13BrN4OS. The summed E-state index contributed by atoms with van der Waals surface area (Å²) in [6.07, 6.45) is 0. The molecule has 0 bridgehead atoms. The number of carbonyl (C=O) groups is 1. The lowest BCUT2D eigenvalue weighted by Crippen LogP contribution is -2.25. The average Bonchev–Trinajstić information content (AvgIpc) is 2.64. The van der Waals surface area contributed by atoms with E-state index in [-0.39, 0.29) is 18.2 Å². The number of fused-ring (bicyclic) bond motifs is 1. The van der Waals surface area contributed by atoms with E-state index in [0.29, 0.717) is 5.82 Å². The Morgan fingerprint density at radius 2 is 1.92 bits per heavy atom. The number of halogens is 1. The second-order valence-corrected chi connectivity index (χ2v) is 6.98. The number of hydrogen-bond acceptors (Lipinski definition) is 5. The first-order valence-corrected chi connectivity index (χ1v) is 9.24. The van der Waals surface area contributed by atoms with Crippen LogP contribution in [0.3, 0.4) is 0 Å². The van der Waals surface area contributed by atoms with Crippen LogP contribution in [-0.4, -0.2) is 28.2 Å². The molecule has 1 aromatic heterocycles. The van der Waals surface area contributed by atoms with Gasteiger partial charge in [0, 0.05) is 15.4 Å². The maximum Gasteiger partial charge on any atom is 0.231 e. The molecule has 0 atom stereocenters. The van der Waals surface area contributed by atoms with Crippen LogP contribution in [0.5, 0.6) is 0 Å². The third-order valence-corrected chi connectivity index (χ3v) is 4.90. The minimum atomic E-state index is -0.195. The number of thioether (sulfide) groups is 1. The minimum Gasteiger partial charge on any atom is -0.342 e. The summed E-state index contributed by atoms with van der Waals surface area (Å²) in [5.41, 5.74) is 1.74. The summed E-state index contributed by atoms with van der Waals surface area (Å²) in [7, 11) is 0. The number of nitrogens with one attached hydrogen (secondary N) is 1. The van der Waals surface area contributed by atoms with Crippen molar-refractivity contribution in [2.75, 3.05) is 12.3 Å². The highest BCUT2D eigenvalue weighted by molar-refractivity contribution is 9.10. The first-order valence-electron chi connectivity index (χ1n) is 7.46. The fourth-order valence-corrected chi connectivity index (χ4v) is 3.32. The number of aromatic nitrogens is 2. The Kier molecular flexibility index (Phi) is 5.64. The average molecular weight is 413 g/mol. The Balaban J connectivity index is 1.94. The quantitative estimate of drug-likeness (QED) is 0.391. The normalized spacial score (nSPS) is 10.4. The van der Waals surface area contributed by atoms with Crippen LogP contribution < -0.4 is 5.32 Å². The number of benzene rings is 2. The largest absolute Gasteiger partial charge is 0.342 e. The molecule has 0 aliphatic carbocycles. The van der Waals surface area contributed by atoms with E-state index in [1.165, 1.54) is 11.8 Å². The van der Waals surface area contributed by atoms with Crippen molar-refractivity contribution >= 4 is 44.5 Å². The molecule has 2 aromatic carbocycles. The molecule has 1 heterocycles. The lowest BCUT2D eigenvalue weighted by molar-refractivity contribution is -0.118. The summed E-state index contributed by atoms with van der Waals surface area (Å²) >= 11 is 4.76. The van der Waals surface area contributed by atoms with Gasteiger partial charge in [-0.1, -0.05) is 58.0 Å². The van der Waals surface area contributed by atoms with E-state index in [0.717, 1.165) is 26.0 Å². The molecule has 0 saturated heterocycles. The number of nitriles is 1. The van der Waals surface area contributed by atoms with Gasteiger partial charge in [0.25, 0.3) is 0 Å². The second kappa shape index (κ2) is 8.10. The smallest absolute Gasteiger partial charge is 0.231 e. The van der Waals surface area contributed by atoms with E-state index in [1.54, 1.807) is 0 Å². The Morgan fingerprint density at radius 3 is 2.68 bits per heavy atom. The molecular weight excluding hydrogens is 400 g/mol. The van der Waals surface area contributed by atoms with Gasteiger partial charge < -0.3 is 5.32 Å². The first-order chi connectivity index (χ1) is 12.2. The number of carbonyl (C=O) groups excluding carboxylic acids is 1. The van der Waals surface area contributed by atoms with Gasteiger partial charge >= 0.3 is 0 Å². The van der Waals surface area contributed by atoms with E-state index >= 15 is 0 Å². The fourth-order valence-electron chi connectivity index (χ4n) is 2.21. The zero-order valence-electron chi connectivity index (χ0n) is 13.1. The Morgan fingerprint density at radius 1 is 1.16 bits per heavy atom. The molecule has 0 aliphatic heterocycles. The molecule has 1 N–H and O–H groups in total. The van der Waals surface area contributed by atoms with Crippen molar-refractivity contribution in [2.45, 2.75) is 5.03 Å². The van der Waals surface area contributed by atoms with Crippen molar-refractivity contribution in [1.82, 2.24) is 15.3 Å². The van der Waals surface area contributed by atoms with Crippen LogP contribution in [0.4, 0.5) is 0 Å². The number of para-hydroxylation sites is 1. The predicted molar refractivity (Wildman–Crippen MR) is 102 cm³/mol. The van der Waals surface area contributed by atoms with E-state index in [4.69, 9.17) is 5.26 Å². The Hall–Kier alpha value is -2.43. The maximum absolute atomic E-state index is 11.8.